The zero-order valence-electron chi connectivity index (χ0n) is 13.7. The number of likely N-dealkylation sites (N-methyl/N-ethyl adjacent to an activating group) is 1. The summed E-state index contributed by atoms with van der Waals surface area (Å²) in [6.45, 7) is 10.8. The lowest BCUT2D eigenvalue weighted by Crippen LogP contribution is -2.51. The van der Waals surface area contributed by atoms with Crippen LogP contribution in [-0.4, -0.2) is 112 Å². The van der Waals surface area contributed by atoms with Gasteiger partial charge in [-0.25, -0.2) is 0 Å². The topological polar surface area (TPSA) is 42.1 Å². The van der Waals surface area contributed by atoms with Crippen molar-refractivity contribution in [3.8, 4) is 0 Å². The Morgan fingerprint density at radius 2 is 1.71 bits per heavy atom. The van der Waals surface area contributed by atoms with Crippen molar-refractivity contribution in [3.63, 3.8) is 0 Å². The van der Waals surface area contributed by atoms with Crippen molar-refractivity contribution < 1.29 is 4.79 Å². The maximum absolute atomic E-state index is 12.4. The highest BCUT2D eigenvalue weighted by Crippen LogP contribution is 2.04. The van der Waals surface area contributed by atoms with E-state index in [9.17, 15) is 4.79 Å². The minimum Gasteiger partial charge on any atom is -0.340 e. The van der Waals surface area contributed by atoms with E-state index in [2.05, 4.69) is 34.1 Å². The zero-order valence-corrected chi connectivity index (χ0v) is 13.7. The van der Waals surface area contributed by atoms with Gasteiger partial charge in [0.2, 0.25) is 5.91 Å². The van der Waals surface area contributed by atoms with Gasteiger partial charge in [-0.2, -0.15) is 0 Å². The molecule has 0 bridgehead atoms. The molecular weight excluding hydrogens is 266 g/mol. The number of carbonyl (C=O) groups excluding carboxylic acids is 1. The number of hydrogen-bond donors (Lipinski definition) is 1. The number of hydrogen-bond acceptors (Lipinski definition) is 5. The summed E-state index contributed by atoms with van der Waals surface area (Å²) >= 11 is 0. The van der Waals surface area contributed by atoms with Crippen molar-refractivity contribution in [2.24, 2.45) is 0 Å². The summed E-state index contributed by atoms with van der Waals surface area (Å²) in [5, 5.41) is 3.35. The molecule has 0 saturated carbocycles. The van der Waals surface area contributed by atoms with Crippen molar-refractivity contribution in [2.45, 2.75) is 6.42 Å². The second kappa shape index (κ2) is 8.68. The fourth-order valence-corrected chi connectivity index (χ4v) is 2.90. The molecule has 21 heavy (non-hydrogen) atoms. The normalized spacial score (nSPS) is 22.5. The van der Waals surface area contributed by atoms with E-state index in [1.54, 1.807) is 0 Å². The molecule has 2 saturated heterocycles. The third-order valence-electron chi connectivity index (χ3n) is 4.38. The molecule has 0 atom stereocenters. The van der Waals surface area contributed by atoms with Gasteiger partial charge in [-0.15, -0.1) is 0 Å². The van der Waals surface area contributed by atoms with E-state index < -0.39 is 0 Å². The Bertz CT molecular complexity index is 307. The Morgan fingerprint density at radius 3 is 2.43 bits per heavy atom. The van der Waals surface area contributed by atoms with Crippen LogP contribution in [0.25, 0.3) is 0 Å². The minimum atomic E-state index is 0.306. The van der Waals surface area contributed by atoms with Crippen LogP contribution in [0.2, 0.25) is 0 Å². The maximum Gasteiger partial charge on any atom is 0.236 e. The monoisotopic (exact) mass is 297 g/mol. The first-order valence-corrected chi connectivity index (χ1v) is 8.23. The number of rotatable bonds is 5. The van der Waals surface area contributed by atoms with Crippen molar-refractivity contribution >= 4 is 5.91 Å². The van der Waals surface area contributed by atoms with Crippen LogP contribution in [-0.2, 0) is 4.79 Å². The first-order valence-electron chi connectivity index (χ1n) is 8.23. The van der Waals surface area contributed by atoms with E-state index in [1.807, 2.05) is 4.90 Å². The summed E-state index contributed by atoms with van der Waals surface area (Å²) in [6, 6.07) is 0. The molecule has 2 fully saturated rings. The smallest absolute Gasteiger partial charge is 0.236 e. The SMILES string of the molecule is CN(C)CCN1CCN(CC(=O)N2CCCNCC2)CC1. The predicted molar refractivity (Wildman–Crippen MR) is 85.5 cm³/mol. The summed E-state index contributed by atoms with van der Waals surface area (Å²) in [4.78, 5) is 21.4. The van der Waals surface area contributed by atoms with Crippen LogP contribution >= 0.6 is 0 Å². The first-order chi connectivity index (χ1) is 10.1. The summed E-state index contributed by atoms with van der Waals surface area (Å²) in [5.74, 6) is 0.306. The molecule has 0 aromatic rings. The lowest BCUT2D eigenvalue weighted by Gasteiger charge is -2.35. The van der Waals surface area contributed by atoms with Crippen LogP contribution in [0.4, 0.5) is 0 Å². The molecule has 0 aromatic heterocycles. The number of amides is 1. The minimum absolute atomic E-state index is 0.306. The molecule has 2 rings (SSSR count). The van der Waals surface area contributed by atoms with E-state index in [1.165, 1.54) is 0 Å². The summed E-state index contributed by atoms with van der Waals surface area (Å²) in [6.07, 6.45) is 1.07. The van der Waals surface area contributed by atoms with E-state index in [-0.39, 0.29) is 0 Å². The zero-order chi connectivity index (χ0) is 15.1. The molecule has 0 unspecified atom stereocenters. The molecule has 2 heterocycles. The predicted octanol–water partition coefficient (Wildman–Crippen LogP) is -1.01. The average Bonchev–Trinajstić information content (AvgIpc) is 2.75. The van der Waals surface area contributed by atoms with Gasteiger partial charge in [0.1, 0.15) is 0 Å². The second-order valence-electron chi connectivity index (χ2n) is 6.41. The van der Waals surface area contributed by atoms with E-state index in [0.717, 1.165) is 71.9 Å². The van der Waals surface area contributed by atoms with Crippen LogP contribution < -0.4 is 5.32 Å². The van der Waals surface area contributed by atoms with E-state index in [4.69, 9.17) is 0 Å². The molecule has 6 heteroatoms. The Kier molecular flexibility index (Phi) is 6.89. The largest absolute Gasteiger partial charge is 0.340 e. The fraction of sp³-hybridized carbons (Fsp3) is 0.933. The molecule has 6 nitrogen and oxygen atoms in total. The highest BCUT2D eigenvalue weighted by atomic mass is 16.2. The fourth-order valence-electron chi connectivity index (χ4n) is 2.90. The van der Waals surface area contributed by atoms with Gasteiger partial charge in [0.05, 0.1) is 6.54 Å². The van der Waals surface area contributed by atoms with Crippen LogP contribution in [0, 0.1) is 0 Å². The standard InChI is InChI=1S/C15H31N5O/c1-17(2)8-9-18-10-12-19(13-11-18)14-15(21)20-6-3-4-16-5-7-20/h16H,3-14H2,1-2H3. The van der Waals surface area contributed by atoms with E-state index in [0.29, 0.717) is 12.5 Å². The first kappa shape index (κ1) is 16.7. The number of piperazine rings is 1. The molecule has 0 aliphatic carbocycles. The van der Waals surface area contributed by atoms with Gasteiger partial charge in [0, 0.05) is 58.9 Å². The molecule has 1 amide bonds. The van der Waals surface area contributed by atoms with Gasteiger partial charge in [-0.3, -0.25) is 14.6 Å². The van der Waals surface area contributed by atoms with Crippen LogP contribution in [0.15, 0.2) is 0 Å². The van der Waals surface area contributed by atoms with Crippen molar-refractivity contribution in [3.05, 3.63) is 0 Å². The lowest BCUT2D eigenvalue weighted by molar-refractivity contribution is -0.132. The third-order valence-corrected chi connectivity index (χ3v) is 4.38. The Morgan fingerprint density at radius 1 is 1.00 bits per heavy atom. The van der Waals surface area contributed by atoms with Crippen LogP contribution in [0.3, 0.4) is 0 Å². The van der Waals surface area contributed by atoms with Crippen LogP contribution in [0.5, 0.6) is 0 Å². The molecule has 0 aromatic carbocycles. The van der Waals surface area contributed by atoms with Gasteiger partial charge in [-0.1, -0.05) is 0 Å². The van der Waals surface area contributed by atoms with Gasteiger partial charge in [0.15, 0.2) is 0 Å². The molecule has 122 valence electrons. The Balaban J connectivity index is 1.66. The van der Waals surface area contributed by atoms with Gasteiger partial charge < -0.3 is 15.1 Å². The van der Waals surface area contributed by atoms with Crippen LogP contribution in [0.1, 0.15) is 6.42 Å². The summed E-state index contributed by atoms with van der Waals surface area (Å²) in [7, 11) is 4.23. The molecular formula is C15H31N5O. The third kappa shape index (κ3) is 5.90. The van der Waals surface area contributed by atoms with Gasteiger partial charge >= 0.3 is 0 Å². The molecule has 1 N–H and O–H groups in total. The molecule has 0 spiro atoms. The molecule has 0 radical (unpaired) electrons. The second-order valence-corrected chi connectivity index (χ2v) is 6.41. The summed E-state index contributed by atoms with van der Waals surface area (Å²) in [5.41, 5.74) is 0. The Labute approximate surface area is 129 Å². The quantitative estimate of drug-likeness (QED) is 0.704. The van der Waals surface area contributed by atoms with Crippen molar-refractivity contribution in [1.82, 2.24) is 24.9 Å². The number of nitrogens with one attached hydrogen (secondary N) is 1. The Hall–Kier alpha value is -0.690. The lowest BCUT2D eigenvalue weighted by atomic mass is 10.3. The number of nitrogens with zero attached hydrogens (tertiary/aromatic N) is 4. The highest BCUT2D eigenvalue weighted by Gasteiger charge is 2.22. The average molecular weight is 297 g/mol. The summed E-state index contributed by atoms with van der Waals surface area (Å²) < 4.78 is 0. The maximum atomic E-state index is 12.4. The van der Waals surface area contributed by atoms with Crippen molar-refractivity contribution in [2.75, 3.05) is 86.1 Å². The number of carbonyl (C=O) groups is 1. The van der Waals surface area contributed by atoms with Crippen molar-refractivity contribution in [1.29, 1.82) is 0 Å². The molecule has 2 aliphatic heterocycles. The highest BCUT2D eigenvalue weighted by molar-refractivity contribution is 5.78. The van der Waals surface area contributed by atoms with E-state index >= 15 is 0 Å². The van der Waals surface area contributed by atoms with Gasteiger partial charge in [-0.05, 0) is 27.1 Å². The molecule has 2 aliphatic rings. The van der Waals surface area contributed by atoms with Gasteiger partial charge in [0.25, 0.3) is 0 Å².